The molecule has 2 nitrogen and oxygen atoms in total. The monoisotopic (exact) mass is 294 g/mol. The summed E-state index contributed by atoms with van der Waals surface area (Å²) in [6, 6.07) is 0.854. The highest BCUT2D eigenvalue weighted by molar-refractivity contribution is 4.95. The van der Waals surface area contributed by atoms with Crippen LogP contribution in [0.15, 0.2) is 0 Å². The van der Waals surface area contributed by atoms with E-state index in [0.29, 0.717) is 23.4 Å². The van der Waals surface area contributed by atoms with Gasteiger partial charge in [-0.2, -0.15) is 0 Å². The highest BCUT2D eigenvalue weighted by Gasteiger charge is 2.41. The van der Waals surface area contributed by atoms with Crippen molar-refractivity contribution in [2.24, 2.45) is 40.6 Å². The molecule has 2 saturated carbocycles. The Morgan fingerprint density at radius 2 is 1.76 bits per heavy atom. The molecule has 4 N–H and O–H groups in total. The lowest BCUT2D eigenvalue weighted by molar-refractivity contribution is 0.0597. The van der Waals surface area contributed by atoms with Gasteiger partial charge in [-0.25, -0.2) is 0 Å². The molecule has 0 aliphatic heterocycles. The Balaban J connectivity index is 1.94. The van der Waals surface area contributed by atoms with Crippen LogP contribution in [0.4, 0.5) is 0 Å². The van der Waals surface area contributed by atoms with Gasteiger partial charge in [-0.1, -0.05) is 34.1 Å². The molecule has 21 heavy (non-hydrogen) atoms. The maximum Gasteiger partial charge on any atom is 0.0119 e. The first-order chi connectivity index (χ1) is 9.89. The van der Waals surface area contributed by atoms with E-state index in [1.165, 1.54) is 51.4 Å². The second-order valence-electron chi connectivity index (χ2n) is 8.56. The largest absolute Gasteiger partial charge is 0.327 e. The number of nitrogens with two attached hydrogens (primary N) is 2. The molecule has 124 valence electrons. The van der Waals surface area contributed by atoms with Crippen molar-refractivity contribution in [2.75, 3.05) is 0 Å². The Bertz CT molecular complexity index is 330. The Morgan fingerprint density at radius 3 is 2.38 bits per heavy atom. The summed E-state index contributed by atoms with van der Waals surface area (Å²) in [5.41, 5.74) is 13.1. The van der Waals surface area contributed by atoms with E-state index < -0.39 is 0 Å². The normalized spacial score (nSPS) is 48.3. The predicted molar refractivity (Wildman–Crippen MR) is 92.0 cm³/mol. The average Bonchev–Trinajstić information content (AvgIpc) is 2.46. The van der Waals surface area contributed by atoms with Gasteiger partial charge in [-0.3, -0.25) is 0 Å². The van der Waals surface area contributed by atoms with Gasteiger partial charge in [0.15, 0.2) is 0 Å². The Labute approximate surface area is 132 Å². The van der Waals surface area contributed by atoms with Crippen molar-refractivity contribution < 1.29 is 0 Å². The van der Waals surface area contributed by atoms with Gasteiger partial charge in [0, 0.05) is 12.1 Å². The van der Waals surface area contributed by atoms with Crippen molar-refractivity contribution in [2.45, 2.75) is 91.1 Å². The van der Waals surface area contributed by atoms with Crippen molar-refractivity contribution in [3.63, 3.8) is 0 Å². The molecule has 2 heteroatoms. The van der Waals surface area contributed by atoms with Crippen molar-refractivity contribution in [3.05, 3.63) is 0 Å². The van der Waals surface area contributed by atoms with E-state index in [4.69, 9.17) is 11.5 Å². The zero-order valence-electron chi connectivity index (χ0n) is 14.8. The molecule has 0 aromatic heterocycles. The SMILES string of the molecule is CCC1CC(CC2CC(C)C(N)C(C)(CC)C2)CCC1N. The summed E-state index contributed by atoms with van der Waals surface area (Å²) in [6.07, 6.45) is 10.6. The van der Waals surface area contributed by atoms with E-state index in [0.717, 1.165) is 17.8 Å². The second-order valence-corrected chi connectivity index (χ2v) is 8.56. The van der Waals surface area contributed by atoms with Crippen LogP contribution in [0.1, 0.15) is 79.1 Å². The topological polar surface area (TPSA) is 52.0 Å². The molecule has 2 rings (SSSR count). The molecule has 0 bridgehead atoms. The molecule has 2 aliphatic carbocycles. The van der Waals surface area contributed by atoms with Gasteiger partial charge in [-0.15, -0.1) is 0 Å². The lowest BCUT2D eigenvalue weighted by Crippen LogP contribution is -2.49. The molecule has 0 saturated heterocycles. The first-order valence-corrected chi connectivity index (χ1v) is 9.40. The van der Waals surface area contributed by atoms with Crippen LogP contribution in [0.3, 0.4) is 0 Å². The average molecular weight is 295 g/mol. The van der Waals surface area contributed by atoms with E-state index >= 15 is 0 Å². The summed E-state index contributed by atoms with van der Waals surface area (Å²) in [4.78, 5) is 0. The third-order valence-corrected chi connectivity index (χ3v) is 7.03. The lowest BCUT2D eigenvalue weighted by Gasteiger charge is -2.47. The van der Waals surface area contributed by atoms with Crippen molar-refractivity contribution in [1.29, 1.82) is 0 Å². The summed E-state index contributed by atoms with van der Waals surface area (Å²) in [7, 11) is 0. The fourth-order valence-electron chi connectivity index (χ4n) is 5.34. The highest BCUT2D eigenvalue weighted by Crippen LogP contribution is 2.47. The maximum atomic E-state index is 6.51. The summed E-state index contributed by atoms with van der Waals surface area (Å²) >= 11 is 0. The summed E-state index contributed by atoms with van der Waals surface area (Å²) in [5, 5.41) is 0. The van der Waals surface area contributed by atoms with E-state index in [1.807, 2.05) is 0 Å². The number of hydrogen-bond acceptors (Lipinski definition) is 2. The molecule has 0 spiro atoms. The smallest absolute Gasteiger partial charge is 0.0119 e. The van der Waals surface area contributed by atoms with Crippen molar-refractivity contribution >= 4 is 0 Å². The molecule has 0 radical (unpaired) electrons. The van der Waals surface area contributed by atoms with Crippen LogP contribution in [0.2, 0.25) is 0 Å². The van der Waals surface area contributed by atoms with Crippen LogP contribution in [-0.4, -0.2) is 12.1 Å². The minimum absolute atomic E-state index is 0.359. The van der Waals surface area contributed by atoms with E-state index in [-0.39, 0.29) is 0 Å². The number of rotatable bonds is 4. The van der Waals surface area contributed by atoms with Crippen LogP contribution in [0, 0.1) is 29.1 Å². The van der Waals surface area contributed by atoms with Gasteiger partial charge >= 0.3 is 0 Å². The van der Waals surface area contributed by atoms with Crippen molar-refractivity contribution in [3.8, 4) is 0 Å². The summed E-state index contributed by atoms with van der Waals surface area (Å²) in [6.45, 7) is 9.42. The first kappa shape index (κ1) is 17.3. The quantitative estimate of drug-likeness (QED) is 0.811. The molecule has 7 atom stereocenters. The zero-order chi connectivity index (χ0) is 15.6. The fourth-order valence-corrected chi connectivity index (χ4v) is 5.34. The fraction of sp³-hybridized carbons (Fsp3) is 1.00. The zero-order valence-corrected chi connectivity index (χ0v) is 14.8. The van der Waals surface area contributed by atoms with Gasteiger partial charge in [0.25, 0.3) is 0 Å². The lowest BCUT2D eigenvalue weighted by atomic mass is 9.60. The molecule has 0 amide bonds. The molecule has 2 fully saturated rings. The summed E-state index contributed by atoms with van der Waals surface area (Å²) in [5.74, 6) is 3.26. The Hall–Kier alpha value is -0.0800. The summed E-state index contributed by atoms with van der Waals surface area (Å²) < 4.78 is 0. The van der Waals surface area contributed by atoms with Crippen LogP contribution < -0.4 is 11.5 Å². The second kappa shape index (κ2) is 7.00. The van der Waals surface area contributed by atoms with Gasteiger partial charge in [0.05, 0.1) is 0 Å². The van der Waals surface area contributed by atoms with Crippen LogP contribution >= 0.6 is 0 Å². The van der Waals surface area contributed by atoms with Gasteiger partial charge in [0.2, 0.25) is 0 Å². The van der Waals surface area contributed by atoms with Gasteiger partial charge in [0.1, 0.15) is 0 Å². The third-order valence-electron chi connectivity index (χ3n) is 7.03. The standard InChI is InChI=1S/C19H38N2/c1-5-16-11-14(7-8-17(16)20)10-15-9-13(3)18(21)19(4,6-2)12-15/h13-18H,5-12,20-21H2,1-4H3. The minimum Gasteiger partial charge on any atom is -0.327 e. The van der Waals surface area contributed by atoms with Crippen LogP contribution in [0.25, 0.3) is 0 Å². The molecule has 0 heterocycles. The first-order valence-electron chi connectivity index (χ1n) is 9.40. The van der Waals surface area contributed by atoms with E-state index in [9.17, 15) is 0 Å². The Morgan fingerprint density at radius 1 is 1.05 bits per heavy atom. The van der Waals surface area contributed by atoms with Gasteiger partial charge in [-0.05, 0) is 74.0 Å². The van der Waals surface area contributed by atoms with Crippen molar-refractivity contribution in [1.82, 2.24) is 0 Å². The predicted octanol–water partition coefficient (Wildman–Crippen LogP) is 4.32. The van der Waals surface area contributed by atoms with E-state index in [2.05, 4.69) is 27.7 Å². The minimum atomic E-state index is 0.359. The maximum absolute atomic E-state index is 6.51. The van der Waals surface area contributed by atoms with Gasteiger partial charge < -0.3 is 11.5 Å². The van der Waals surface area contributed by atoms with Crippen LogP contribution in [0.5, 0.6) is 0 Å². The number of hydrogen-bond donors (Lipinski definition) is 2. The molecule has 7 unspecified atom stereocenters. The van der Waals surface area contributed by atoms with E-state index in [1.54, 1.807) is 0 Å². The third kappa shape index (κ3) is 3.82. The molecular formula is C19H38N2. The van der Waals surface area contributed by atoms with Crippen LogP contribution in [-0.2, 0) is 0 Å². The highest BCUT2D eigenvalue weighted by atomic mass is 14.7. The molecule has 2 aliphatic rings. The Kier molecular flexibility index (Phi) is 5.76. The molecule has 0 aromatic carbocycles. The molecular weight excluding hydrogens is 256 g/mol. The molecule has 0 aromatic rings.